The maximum absolute atomic E-state index is 12.8. The summed E-state index contributed by atoms with van der Waals surface area (Å²) in [4.78, 5) is 23.3. The lowest BCUT2D eigenvalue weighted by atomic mass is 10.1. The van der Waals surface area contributed by atoms with E-state index in [1.54, 1.807) is 11.1 Å². The molecule has 0 atom stereocenters. The summed E-state index contributed by atoms with van der Waals surface area (Å²) in [6, 6.07) is 9.73. The van der Waals surface area contributed by atoms with Gasteiger partial charge in [-0.15, -0.1) is 0 Å². The average molecular weight is 293 g/mol. The molecule has 1 aliphatic heterocycles. The van der Waals surface area contributed by atoms with Crippen LogP contribution in [0.3, 0.4) is 0 Å². The molecule has 0 radical (unpaired) electrons. The molecule has 4 rings (SSSR count). The molecular weight excluding hydrogens is 278 g/mol. The molecule has 110 valence electrons. The van der Waals surface area contributed by atoms with E-state index < -0.39 is 0 Å². The molecule has 0 N–H and O–H groups in total. The Morgan fingerprint density at radius 2 is 2.05 bits per heavy atom. The number of amides is 1. The van der Waals surface area contributed by atoms with Crippen molar-refractivity contribution in [1.29, 1.82) is 0 Å². The van der Waals surface area contributed by atoms with Gasteiger partial charge >= 0.3 is 0 Å². The lowest BCUT2D eigenvalue weighted by molar-refractivity contribution is 0.0699. The maximum Gasteiger partial charge on any atom is 0.273 e. The molecule has 1 amide bonds. The van der Waals surface area contributed by atoms with Gasteiger partial charge in [0.25, 0.3) is 5.91 Å². The Hall–Kier alpha value is -2.76. The molecule has 2 aromatic heterocycles. The predicted octanol–water partition coefficient (Wildman–Crippen LogP) is 1.79. The third kappa shape index (κ3) is 2.04. The number of fused-ring (bicyclic) bond motifs is 2. The van der Waals surface area contributed by atoms with E-state index in [2.05, 4.69) is 15.1 Å². The van der Waals surface area contributed by atoms with Gasteiger partial charge in [-0.3, -0.25) is 9.78 Å². The van der Waals surface area contributed by atoms with Crippen LogP contribution in [0.2, 0.25) is 0 Å². The Morgan fingerprint density at radius 3 is 2.95 bits per heavy atom. The molecule has 0 bridgehead atoms. The summed E-state index contributed by atoms with van der Waals surface area (Å²) in [5.41, 5.74) is 0.503. The molecule has 22 heavy (non-hydrogen) atoms. The van der Waals surface area contributed by atoms with Gasteiger partial charge in [0.05, 0.1) is 13.1 Å². The Kier molecular flexibility index (Phi) is 2.89. The minimum absolute atomic E-state index is 0.0521. The molecule has 3 aromatic rings. The SMILES string of the molecule is Cc1nc2n(n1)CCN(C(=O)c1nccc3ccccc13)C2. The van der Waals surface area contributed by atoms with Crippen LogP contribution in [-0.4, -0.2) is 37.1 Å². The molecule has 1 aliphatic rings. The third-order valence-electron chi connectivity index (χ3n) is 3.93. The summed E-state index contributed by atoms with van der Waals surface area (Å²) in [6.45, 7) is 3.64. The smallest absolute Gasteiger partial charge is 0.273 e. The Balaban J connectivity index is 1.70. The third-order valence-corrected chi connectivity index (χ3v) is 3.93. The van der Waals surface area contributed by atoms with Gasteiger partial charge in [-0.1, -0.05) is 24.3 Å². The van der Waals surface area contributed by atoms with Crippen molar-refractivity contribution >= 4 is 16.7 Å². The van der Waals surface area contributed by atoms with Gasteiger partial charge < -0.3 is 4.90 Å². The van der Waals surface area contributed by atoms with E-state index in [1.807, 2.05) is 41.9 Å². The highest BCUT2D eigenvalue weighted by molar-refractivity contribution is 6.05. The molecule has 0 unspecified atom stereocenters. The van der Waals surface area contributed by atoms with E-state index in [1.165, 1.54) is 0 Å². The second-order valence-corrected chi connectivity index (χ2v) is 5.41. The van der Waals surface area contributed by atoms with Crippen LogP contribution >= 0.6 is 0 Å². The Bertz CT molecular complexity index is 865. The first-order chi connectivity index (χ1) is 10.7. The van der Waals surface area contributed by atoms with Gasteiger partial charge in [-0.25, -0.2) is 9.67 Å². The van der Waals surface area contributed by atoms with Crippen LogP contribution < -0.4 is 0 Å². The van der Waals surface area contributed by atoms with Crippen molar-refractivity contribution in [2.24, 2.45) is 0 Å². The lowest BCUT2D eigenvalue weighted by Gasteiger charge is -2.26. The molecule has 3 heterocycles. The number of rotatable bonds is 1. The first-order valence-corrected chi connectivity index (χ1v) is 7.26. The van der Waals surface area contributed by atoms with Crippen molar-refractivity contribution in [1.82, 2.24) is 24.6 Å². The highest BCUT2D eigenvalue weighted by atomic mass is 16.2. The largest absolute Gasteiger partial charge is 0.328 e. The minimum Gasteiger partial charge on any atom is -0.328 e. The van der Waals surface area contributed by atoms with Gasteiger partial charge in [-0.2, -0.15) is 5.10 Å². The normalized spacial score (nSPS) is 14.1. The molecule has 0 fully saturated rings. The van der Waals surface area contributed by atoms with Crippen molar-refractivity contribution in [2.75, 3.05) is 6.54 Å². The molecule has 0 saturated carbocycles. The van der Waals surface area contributed by atoms with Gasteiger partial charge in [0.15, 0.2) is 0 Å². The van der Waals surface area contributed by atoms with Gasteiger partial charge in [-0.05, 0) is 18.4 Å². The summed E-state index contributed by atoms with van der Waals surface area (Å²) >= 11 is 0. The predicted molar refractivity (Wildman–Crippen MR) is 81.2 cm³/mol. The monoisotopic (exact) mass is 293 g/mol. The second kappa shape index (κ2) is 4.91. The van der Waals surface area contributed by atoms with Gasteiger partial charge in [0.1, 0.15) is 17.3 Å². The van der Waals surface area contributed by atoms with E-state index >= 15 is 0 Å². The van der Waals surface area contributed by atoms with Crippen LogP contribution in [0.15, 0.2) is 36.5 Å². The topological polar surface area (TPSA) is 63.9 Å². The average Bonchev–Trinajstić information content (AvgIpc) is 2.92. The van der Waals surface area contributed by atoms with E-state index in [9.17, 15) is 4.79 Å². The van der Waals surface area contributed by atoms with Crippen LogP contribution in [0.25, 0.3) is 10.8 Å². The van der Waals surface area contributed by atoms with Crippen molar-refractivity contribution in [3.05, 3.63) is 53.9 Å². The van der Waals surface area contributed by atoms with E-state index in [0.717, 1.165) is 22.4 Å². The van der Waals surface area contributed by atoms with Crippen LogP contribution in [0.5, 0.6) is 0 Å². The molecule has 0 aliphatic carbocycles. The zero-order valence-electron chi connectivity index (χ0n) is 12.2. The summed E-state index contributed by atoms with van der Waals surface area (Å²) in [6.07, 6.45) is 1.69. The molecular formula is C16H15N5O. The van der Waals surface area contributed by atoms with Crippen LogP contribution in [0.1, 0.15) is 22.1 Å². The molecule has 1 aromatic carbocycles. The molecule has 6 nitrogen and oxygen atoms in total. The second-order valence-electron chi connectivity index (χ2n) is 5.41. The number of hydrogen-bond acceptors (Lipinski definition) is 4. The Labute approximate surface area is 127 Å². The van der Waals surface area contributed by atoms with Crippen molar-refractivity contribution in [2.45, 2.75) is 20.0 Å². The fourth-order valence-corrected chi connectivity index (χ4v) is 2.87. The fourth-order valence-electron chi connectivity index (χ4n) is 2.87. The van der Waals surface area contributed by atoms with Crippen molar-refractivity contribution < 1.29 is 4.79 Å². The highest BCUT2D eigenvalue weighted by Crippen LogP contribution is 2.20. The van der Waals surface area contributed by atoms with Crippen LogP contribution in [-0.2, 0) is 13.1 Å². The zero-order chi connectivity index (χ0) is 15.1. The van der Waals surface area contributed by atoms with Crippen LogP contribution in [0.4, 0.5) is 0 Å². The van der Waals surface area contributed by atoms with E-state index in [4.69, 9.17) is 0 Å². The quantitative estimate of drug-likeness (QED) is 0.686. The zero-order valence-corrected chi connectivity index (χ0v) is 12.2. The number of hydrogen-bond donors (Lipinski definition) is 0. The summed E-state index contributed by atoms with van der Waals surface area (Å²) in [5.74, 6) is 1.52. The number of aromatic nitrogens is 4. The molecule has 0 spiro atoms. The number of benzene rings is 1. The Morgan fingerprint density at radius 1 is 1.18 bits per heavy atom. The minimum atomic E-state index is -0.0521. The van der Waals surface area contributed by atoms with Crippen molar-refractivity contribution in [3.8, 4) is 0 Å². The summed E-state index contributed by atoms with van der Waals surface area (Å²) in [7, 11) is 0. The number of nitrogens with zero attached hydrogens (tertiary/aromatic N) is 5. The number of carbonyl (C=O) groups is 1. The van der Waals surface area contributed by atoms with Gasteiger partial charge in [0, 0.05) is 18.1 Å². The first-order valence-electron chi connectivity index (χ1n) is 7.26. The molecule has 0 saturated heterocycles. The fraction of sp³-hybridized carbons (Fsp3) is 0.250. The number of pyridine rings is 1. The van der Waals surface area contributed by atoms with E-state index in [0.29, 0.717) is 25.3 Å². The number of aryl methyl sites for hydroxylation is 1. The van der Waals surface area contributed by atoms with E-state index in [-0.39, 0.29) is 5.91 Å². The molecule has 6 heteroatoms. The highest BCUT2D eigenvalue weighted by Gasteiger charge is 2.25. The standard InChI is InChI=1S/C16H15N5O/c1-11-18-14-10-20(8-9-21(14)19-11)16(22)15-13-5-3-2-4-12(13)6-7-17-15/h2-7H,8-10H2,1H3. The first kappa shape index (κ1) is 12.9. The van der Waals surface area contributed by atoms with Crippen molar-refractivity contribution in [3.63, 3.8) is 0 Å². The van der Waals surface area contributed by atoms with Gasteiger partial charge in [0.2, 0.25) is 0 Å². The van der Waals surface area contributed by atoms with Crippen LogP contribution in [0, 0.1) is 6.92 Å². The lowest BCUT2D eigenvalue weighted by Crippen LogP contribution is -2.39. The maximum atomic E-state index is 12.8. The number of carbonyl (C=O) groups excluding carboxylic acids is 1. The summed E-state index contributed by atoms with van der Waals surface area (Å²) in [5, 5.41) is 6.23. The summed E-state index contributed by atoms with van der Waals surface area (Å²) < 4.78 is 1.87.